The van der Waals surface area contributed by atoms with E-state index >= 15 is 0 Å². The van der Waals surface area contributed by atoms with E-state index in [1.807, 2.05) is 25.2 Å². The second-order valence-electron chi connectivity index (χ2n) is 4.96. The Hall–Kier alpha value is -1.46. The van der Waals surface area contributed by atoms with Crippen LogP contribution >= 0.6 is 22.6 Å². The zero-order valence-electron chi connectivity index (χ0n) is 11.6. The van der Waals surface area contributed by atoms with Crippen LogP contribution in [-0.4, -0.2) is 7.05 Å². The fourth-order valence-electron chi connectivity index (χ4n) is 2.72. The molecule has 0 amide bonds. The lowest BCUT2D eigenvalue weighted by Gasteiger charge is -2.20. The zero-order valence-corrected chi connectivity index (χ0v) is 13.8. The third-order valence-electron chi connectivity index (χ3n) is 3.70. The summed E-state index contributed by atoms with van der Waals surface area (Å²) in [6.07, 6.45) is 0. The molecule has 1 atom stereocenters. The highest BCUT2D eigenvalue weighted by Crippen LogP contribution is 2.31. The highest BCUT2D eigenvalue weighted by molar-refractivity contribution is 14.1. The summed E-state index contributed by atoms with van der Waals surface area (Å²) in [5.74, 6) is -0.198. The summed E-state index contributed by atoms with van der Waals surface area (Å²) in [5, 5.41) is 5.80. The zero-order chi connectivity index (χ0) is 14.8. The van der Waals surface area contributed by atoms with Crippen LogP contribution in [-0.2, 0) is 0 Å². The Kier molecular flexibility index (Phi) is 4.22. The average molecular weight is 391 g/mol. The van der Waals surface area contributed by atoms with Crippen molar-refractivity contribution in [3.05, 3.63) is 81.2 Å². The maximum atomic E-state index is 13.3. The summed E-state index contributed by atoms with van der Waals surface area (Å²) in [5.41, 5.74) is 2.30. The summed E-state index contributed by atoms with van der Waals surface area (Å²) >= 11 is 2.20. The second kappa shape index (κ2) is 6.12. The van der Waals surface area contributed by atoms with Gasteiger partial charge in [-0.1, -0.05) is 48.5 Å². The van der Waals surface area contributed by atoms with E-state index in [0.717, 1.165) is 9.13 Å². The van der Waals surface area contributed by atoms with Crippen LogP contribution in [0.1, 0.15) is 17.2 Å². The Morgan fingerprint density at radius 2 is 1.71 bits per heavy atom. The number of hydrogen-bond acceptors (Lipinski definition) is 1. The first-order valence-electron chi connectivity index (χ1n) is 6.80. The van der Waals surface area contributed by atoms with Gasteiger partial charge >= 0.3 is 0 Å². The van der Waals surface area contributed by atoms with Crippen LogP contribution in [0.2, 0.25) is 0 Å². The Balaban J connectivity index is 2.18. The molecule has 0 bridgehead atoms. The van der Waals surface area contributed by atoms with Crippen molar-refractivity contribution in [3.63, 3.8) is 0 Å². The van der Waals surface area contributed by atoms with Crippen molar-refractivity contribution in [2.45, 2.75) is 6.04 Å². The van der Waals surface area contributed by atoms with Crippen molar-refractivity contribution < 1.29 is 4.39 Å². The van der Waals surface area contributed by atoms with Crippen LogP contribution in [0.4, 0.5) is 4.39 Å². The number of halogens is 2. The lowest BCUT2D eigenvalue weighted by atomic mass is 9.94. The van der Waals surface area contributed by atoms with Crippen molar-refractivity contribution >= 4 is 33.4 Å². The summed E-state index contributed by atoms with van der Waals surface area (Å²) in [6, 6.07) is 19.6. The van der Waals surface area contributed by atoms with E-state index in [1.165, 1.54) is 22.4 Å². The predicted octanol–water partition coefficient (Wildman–Crippen LogP) is 4.89. The molecule has 0 saturated heterocycles. The van der Waals surface area contributed by atoms with Gasteiger partial charge in [-0.15, -0.1) is 0 Å². The highest BCUT2D eigenvalue weighted by atomic mass is 127. The van der Waals surface area contributed by atoms with Crippen LogP contribution in [0.15, 0.2) is 60.7 Å². The molecule has 1 unspecified atom stereocenters. The number of nitrogens with one attached hydrogen (secondary N) is 1. The molecule has 0 spiro atoms. The fourth-order valence-corrected chi connectivity index (χ4v) is 3.51. The molecule has 0 aliphatic carbocycles. The van der Waals surface area contributed by atoms with E-state index in [9.17, 15) is 4.39 Å². The molecule has 0 heterocycles. The molecule has 1 N–H and O–H groups in total. The van der Waals surface area contributed by atoms with Gasteiger partial charge in [-0.25, -0.2) is 4.39 Å². The van der Waals surface area contributed by atoms with E-state index in [0.29, 0.717) is 0 Å². The molecule has 0 aromatic heterocycles. The van der Waals surface area contributed by atoms with Crippen molar-refractivity contribution in [1.29, 1.82) is 0 Å². The minimum atomic E-state index is -0.198. The molecule has 1 nitrogen and oxygen atoms in total. The van der Waals surface area contributed by atoms with Crippen molar-refractivity contribution in [1.82, 2.24) is 5.32 Å². The van der Waals surface area contributed by atoms with Crippen LogP contribution in [0.5, 0.6) is 0 Å². The van der Waals surface area contributed by atoms with Crippen LogP contribution in [0.25, 0.3) is 10.8 Å². The van der Waals surface area contributed by atoms with E-state index in [1.54, 1.807) is 6.07 Å². The van der Waals surface area contributed by atoms with Gasteiger partial charge in [0.2, 0.25) is 0 Å². The van der Waals surface area contributed by atoms with E-state index < -0.39 is 0 Å². The molecule has 0 saturated carbocycles. The molecule has 21 heavy (non-hydrogen) atoms. The third-order valence-corrected chi connectivity index (χ3v) is 4.63. The first-order chi connectivity index (χ1) is 10.2. The van der Waals surface area contributed by atoms with Gasteiger partial charge in [0.1, 0.15) is 5.82 Å². The van der Waals surface area contributed by atoms with Gasteiger partial charge in [0.15, 0.2) is 0 Å². The third kappa shape index (κ3) is 2.80. The quantitative estimate of drug-likeness (QED) is 0.627. The summed E-state index contributed by atoms with van der Waals surface area (Å²) in [6.45, 7) is 0. The topological polar surface area (TPSA) is 12.0 Å². The molecule has 0 aliphatic rings. The molecular weight excluding hydrogens is 376 g/mol. The second-order valence-corrected chi connectivity index (χ2v) is 6.12. The SMILES string of the molecule is CNC(c1ccc(F)cc1I)c1cccc2ccccc12. The Morgan fingerprint density at radius 1 is 0.952 bits per heavy atom. The average Bonchev–Trinajstić information content (AvgIpc) is 2.50. The molecule has 0 radical (unpaired) electrons. The molecule has 106 valence electrons. The van der Waals surface area contributed by atoms with Crippen molar-refractivity contribution in [2.24, 2.45) is 0 Å². The Morgan fingerprint density at radius 3 is 2.48 bits per heavy atom. The summed E-state index contributed by atoms with van der Waals surface area (Å²) in [4.78, 5) is 0. The van der Waals surface area contributed by atoms with Crippen LogP contribution in [0, 0.1) is 9.39 Å². The first kappa shape index (κ1) is 14.5. The van der Waals surface area contributed by atoms with Gasteiger partial charge in [-0.3, -0.25) is 0 Å². The van der Waals surface area contributed by atoms with Crippen molar-refractivity contribution in [3.8, 4) is 0 Å². The molecular formula is C18H15FIN. The number of rotatable bonds is 3. The lowest BCUT2D eigenvalue weighted by molar-refractivity contribution is 0.622. The molecule has 3 aromatic rings. The lowest BCUT2D eigenvalue weighted by Crippen LogP contribution is -2.19. The van der Waals surface area contributed by atoms with Gasteiger partial charge in [-0.05, 0) is 63.7 Å². The monoisotopic (exact) mass is 391 g/mol. The highest BCUT2D eigenvalue weighted by Gasteiger charge is 2.17. The number of fused-ring (bicyclic) bond motifs is 1. The molecule has 3 aromatic carbocycles. The Bertz CT molecular complexity index is 780. The maximum absolute atomic E-state index is 13.3. The largest absolute Gasteiger partial charge is 0.309 e. The fraction of sp³-hybridized carbons (Fsp3) is 0.111. The molecule has 0 fully saturated rings. The normalized spacial score (nSPS) is 12.5. The maximum Gasteiger partial charge on any atom is 0.124 e. The summed E-state index contributed by atoms with van der Waals surface area (Å²) < 4.78 is 14.3. The standard InChI is InChI=1S/C18H15FIN/c1-21-18(16-10-9-13(19)11-17(16)20)15-8-4-6-12-5-2-3-7-14(12)15/h2-11,18,21H,1H3. The van der Waals surface area contributed by atoms with Gasteiger partial charge < -0.3 is 5.32 Å². The van der Waals surface area contributed by atoms with Crippen LogP contribution < -0.4 is 5.32 Å². The van der Waals surface area contributed by atoms with Crippen molar-refractivity contribution in [2.75, 3.05) is 7.05 Å². The van der Waals surface area contributed by atoms with E-state index in [2.05, 4.69) is 58.2 Å². The molecule has 0 aliphatic heterocycles. The van der Waals surface area contributed by atoms with Gasteiger partial charge in [-0.2, -0.15) is 0 Å². The first-order valence-corrected chi connectivity index (χ1v) is 7.88. The number of benzene rings is 3. The molecule has 3 heteroatoms. The van der Waals surface area contributed by atoms with Gasteiger partial charge in [0, 0.05) is 3.57 Å². The summed E-state index contributed by atoms with van der Waals surface area (Å²) in [7, 11) is 1.94. The van der Waals surface area contributed by atoms with E-state index in [4.69, 9.17) is 0 Å². The number of hydrogen-bond donors (Lipinski definition) is 1. The van der Waals surface area contributed by atoms with Gasteiger partial charge in [0.05, 0.1) is 6.04 Å². The smallest absolute Gasteiger partial charge is 0.124 e. The Labute approximate surface area is 137 Å². The van der Waals surface area contributed by atoms with Gasteiger partial charge in [0.25, 0.3) is 0 Å². The minimum absolute atomic E-state index is 0.0450. The van der Waals surface area contributed by atoms with E-state index in [-0.39, 0.29) is 11.9 Å². The minimum Gasteiger partial charge on any atom is -0.309 e. The molecule has 3 rings (SSSR count). The predicted molar refractivity (Wildman–Crippen MR) is 94.0 cm³/mol. The van der Waals surface area contributed by atoms with Crippen LogP contribution in [0.3, 0.4) is 0 Å².